The highest BCUT2D eigenvalue weighted by Crippen LogP contribution is 2.04. The lowest BCUT2D eigenvalue weighted by molar-refractivity contribution is 0.0948. The van der Waals surface area contributed by atoms with E-state index in [1.165, 1.54) is 0 Å². The molecule has 0 aromatic carbocycles. The summed E-state index contributed by atoms with van der Waals surface area (Å²) in [6.07, 6.45) is 0.483. The molecule has 1 amide bonds. The molecule has 6 nitrogen and oxygen atoms in total. The fourth-order valence-electron chi connectivity index (χ4n) is 1.55. The van der Waals surface area contributed by atoms with Gasteiger partial charge in [-0.1, -0.05) is 13.0 Å². The number of nitriles is 1. The van der Waals surface area contributed by atoms with Gasteiger partial charge in [-0.05, 0) is 18.7 Å². The van der Waals surface area contributed by atoms with Crippen LogP contribution in [0.3, 0.4) is 0 Å². The fourth-order valence-corrected chi connectivity index (χ4v) is 1.55. The molecule has 0 atom stereocenters. The highest BCUT2D eigenvalue weighted by Gasteiger charge is 2.08. The number of rotatable bonds is 6. The summed E-state index contributed by atoms with van der Waals surface area (Å²) < 4.78 is 0. The van der Waals surface area contributed by atoms with Gasteiger partial charge >= 0.3 is 0 Å². The molecule has 0 unspecified atom stereocenters. The normalized spacial score (nSPS) is 10.1. The van der Waals surface area contributed by atoms with Gasteiger partial charge in [-0.15, -0.1) is 0 Å². The largest absolute Gasteiger partial charge is 0.297 e. The van der Waals surface area contributed by atoms with Crippen LogP contribution in [0.4, 0.5) is 0 Å². The number of pyridine rings is 1. The van der Waals surface area contributed by atoms with E-state index in [0.29, 0.717) is 25.2 Å². The average Bonchev–Trinajstić information content (AvgIpc) is 2.42. The Kier molecular flexibility index (Phi) is 5.77. The molecule has 6 heteroatoms. The molecule has 3 N–H and O–H groups in total. The van der Waals surface area contributed by atoms with Crippen LogP contribution in [0.2, 0.25) is 0 Å². The average molecular weight is 247 g/mol. The van der Waals surface area contributed by atoms with Gasteiger partial charge in [0.25, 0.3) is 5.91 Å². The van der Waals surface area contributed by atoms with Crippen LogP contribution in [0.15, 0.2) is 18.2 Å². The lowest BCUT2D eigenvalue weighted by Crippen LogP contribution is -2.31. The molecule has 96 valence electrons. The molecule has 0 saturated carbocycles. The first kappa shape index (κ1) is 14.1. The van der Waals surface area contributed by atoms with Gasteiger partial charge in [0.15, 0.2) is 0 Å². The molecule has 0 aliphatic carbocycles. The van der Waals surface area contributed by atoms with Gasteiger partial charge in [0, 0.05) is 19.5 Å². The number of nitrogen functional groups attached to an aromatic ring is 1. The van der Waals surface area contributed by atoms with Crippen LogP contribution in [-0.4, -0.2) is 28.9 Å². The molecule has 0 radical (unpaired) electrons. The third-order valence-corrected chi connectivity index (χ3v) is 2.54. The third kappa shape index (κ3) is 4.13. The molecule has 1 aromatic rings. The van der Waals surface area contributed by atoms with Crippen molar-refractivity contribution in [1.82, 2.24) is 15.3 Å². The molecule has 1 aromatic heterocycles. The van der Waals surface area contributed by atoms with Crippen molar-refractivity contribution < 1.29 is 4.79 Å². The van der Waals surface area contributed by atoms with Crippen LogP contribution in [0.5, 0.6) is 0 Å². The standard InChI is InChI=1S/C12H17N5O/c1-2-17(8-4-7-13)9-10-5-3-6-11(15-10)12(18)16-14/h3,5-6H,2,4,8-9,14H2,1H3,(H,16,18). The molecule has 0 spiro atoms. The maximum Gasteiger partial charge on any atom is 0.283 e. The van der Waals surface area contributed by atoms with Crippen molar-refractivity contribution in [3.63, 3.8) is 0 Å². The molecular formula is C12H17N5O. The molecule has 0 aliphatic heterocycles. The number of nitrogens with one attached hydrogen (secondary N) is 1. The lowest BCUT2D eigenvalue weighted by atomic mass is 10.2. The third-order valence-electron chi connectivity index (χ3n) is 2.54. The zero-order chi connectivity index (χ0) is 13.4. The molecule has 18 heavy (non-hydrogen) atoms. The molecule has 1 heterocycles. The van der Waals surface area contributed by atoms with Crippen LogP contribution in [0.25, 0.3) is 0 Å². The predicted octanol–water partition coefficient (Wildman–Crippen LogP) is 0.421. The number of aromatic nitrogens is 1. The topological polar surface area (TPSA) is 95.0 Å². The number of hydrogen-bond donors (Lipinski definition) is 2. The number of hydrogen-bond acceptors (Lipinski definition) is 5. The smallest absolute Gasteiger partial charge is 0.283 e. The van der Waals surface area contributed by atoms with Crippen molar-refractivity contribution in [2.75, 3.05) is 13.1 Å². The summed E-state index contributed by atoms with van der Waals surface area (Å²) in [7, 11) is 0. The van der Waals surface area contributed by atoms with E-state index in [1.54, 1.807) is 12.1 Å². The van der Waals surface area contributed by atoms with Crippen LogP contribution in [-0.2, 0) is 6.54 Å². The second-order valence-corrected chi connectivity index (χ2v) is 3.76. The quantitative estimate of drug-likeness (QED) is 0.431. The first-order valence-corrected chi connectivity index (χ1v) is 5.77. The minimum atomic E-state index is -0.406. The Hall–Kier alpha value is -1.97. The van der Waals surface area contributed by atoms with Crippen LogP contribution in [0, 0.1) is 11.3 Å². The molecule has 0 bridgehead atoms. The zero-order valence-electron chi connectivity index (χ0n) is 10.4. The first-order valence-electron chi connectivity index (χ1n) is 5.77. The second-order valence-electron chi connectivity index (χ2n) is 3.76. The monoisotopic (exact) mass is 247 g/mol. The van der Waals surface area contributed by atoms with Crippen LogP contribution in [0.1, 0.15) is 29.5 Å². The molecule has 0 fully saturated rings. The van der Waals surface area contributed by atoms with Crippen molar-refractivity contribution in [2.45, 2.75) is 19.9 Å². The molecule has 0 aliphatic rings. The van der Waals surface area contributed by atoms with Crippen molar-refractivity contribution >= 4 is 5.91 Å². The zero-order valence-corrected chi connectivity index (χ0v) is 10.4. The van der Waals surface area contributed by atoms with Gasteiger partial charge in [0.2, 0.25) is 0 Å². The van der Waals surface area contributed by atoms with E-state index in [-0.39, 0.29) is 0 Å². The number of hydrazine groups is 1. The van der Waals surface area contributed by atoms with E-state index in [2.05, 4.69) is 21.4 Å². The van der Waals surface area contributed by atoms with Crippen LogP contribution < -0.4 is 11.3 Å². The van der Waals surface area contributed by atoms with Crippen molar-refractivity contribution in [1.29, 1.82) is 5.26 Å². The lowest BCUT2D eigenvalue weighted by Gasteiger charge is -2.18. The highest BCUT2D eigenvalue weighted by molar-refractivity contribution is 5.91. The van der Waals surface area contributed by atoms with Crippen molar-refractivity contribution in [3.8, 4) is 6.07 Å². The Bertz CT molecular complexity index is 440. The first-order chi connectivity index (χ1) is 8.71. The van der Waals surface area contributed by atoms with Crippen molar-refractivity contribution in [2.24, 2.45) is 5.84 Å². The summed E-state index contributed by atoms with van der Waals surface area (Å²) in [4.78, 5) is 17.7. The SMILES string of the molecule is CCN(CCC#N)Cc1cccc(C(=O)NN)n1. The molecular weight excluding hydrogens is 230 g/mol. The Balaban J connectivity index is 2.71. The summed E-state index contributed by atoms with van der Waals surface area (Å²) in [5.41, 5.74) is 3.14. The van der Waals surface area contributed by atoms with E-state index >= 15 is 0 Å². The van der Waals surface area contributed by atoms with E-state index in [4.69, 9.17) is 11.1 Å². The number of nitrogens with zero attached hydrogens (tertiary/aromatic N) is 3. The maximum absolute atomic E-state index is 11.3. The summed E-state index contributed by atoms with van der Waals surface area (Å²) in [5.74, 6) is 4.66. The summed E-state index contributed by atoms with van der Waals surface area (Å²) in [6, 6.07) is 7.34. The number of carbonyl (C=O) groups excluding carboxylic acids is 1. The van der Waals surface area contributed by atoms with E-state index in [0.717, 1.165) is 12.2 Å². The highest BCUT2D eigenvalue weighted by atomic mass is 16.2. The summed E-state index contributed by atoms with van der Waals surface area (Å²) in [5, 5.41) is 8.57. The van der Waals surface area contributed by atoms with Gasteiger partial charge in [0.05, 0.1) is 11.8 Å². The Morgan fingerprint density at radius 1 is 1.61 bits per heavy atom. The maximum atomic E-state index is 11.3. The summed E-state index contributed by atoms with van der Waals surface area (Å²) >= 11 is 0. The summed E-state index contributed by atoms with van der Waals surface area (Å²) in [6.45, 7) is 4.16. The molecule has 1 rings (SSSR count). The number of nitrogens with two attached hydrogens (primary N) is 1. The van der Waals surface area contributed by atoms with Crippen molar-refractivity contribution in [3.05, 3.63) is 29.6 Å². The van der Waals surface area contributed by atoms with Gasteiger partial charge in [0.1, 0.15) is 5.69 Å². The second kappa shape index (κ2) is 7.37. The Labute approximate surface area is 106 Å². The molecule has 0 saturated heterocycles. The Morgan fingerprint density at radius 2 is 2.39 bits per heavy atom. The van der Waals surface area contributed by atoms with Gasteiger partial charge in [-0.3, -0.25) is 15.1 Å². The number of amides is 1. The fraction of sp³-hybridized carbons (Fsp3) is 0.417. The van der Waals surface area contributed by atoms with Gasteiger partial charge < -0.3 is 0 Å². The van der Waals surface area contributed by atoms with E-state index < -0.39 is 5.91 Å². The van der Waals surface area contributed by atoms with Crippen LogP contribution >= 0.6 is 0 Å². The number of carbonyl (C=O) groups is 1. The van der Waals surface area contributed by atoms with Gasteiger partial charge in [-0.25, -0.2) is 10.8 Å². The predicted molar refractivity (Wildman–Crippen MR) is 67.1 cm³/mol. The van der Waals surface area contributed by atoms with Gasteiger partial charge in [-0.2, -0.15) is 5.26 Å². The van der Waals surface area contributed by atoms with E-state index in [1.807, 2.05) is 13.0 Å². The minimum absolute atomic E-state index is 0.298. The van der Waals surface area contributed by atoms with E-state index in [9.17, 15) is 4.79 Å². The minimum Gasteiger partial charge on any atom is -0.297 e. The Morgan fingerprint density at radius 3 is 3.00 bits per heavy atom.